The quantitative estimate of drug-likeness (QED) is 0.419. The second-order valence-corrected chi connectivity index (χ2v) is 7.42. The lowest BCUT2D eigenvalue weighted by atomic mass is 10.2. The Morgan fingerprint density at radius 3 is 2.74 bits per heavy atom. The Bertz CT molecular complexity index is 959. The highest BCUT2D eigenvalue weighted by atomic mass is 79.9. The van der Waals surface area contributed by atoms with E-state index in [0.29, 0.717) is 17.5 Å². The van der Waals surface area contributed by atoms with Crippen molar-refractivity contribution < 1.29 is 9.18 Å². The van der Waals surface area contributed by atoms with E-state index in [2.05, 4.69) is 38.0 Å². The van der Waals surface area contributed by atoms with E-state index in [1.54, 1.807) is 18.2 Å². The number of thioether (sulfide) groups is 1. The van der Waals surface area contributed by atoms with Gasteiger partial charge in [0, 0.05) is 22.3 Å². The zero-order valence-corrected chi connectivity index (χ0v) is 16.6. The molecular weight excluding hydrogens is 431 g/mol. The Morgan fingerprint density at radius 1 is 1.26 bits per heavy atom. The smallest absolute Gasteiger partial charge is 0.234 e. The summed E-state index contributed by atoms with van der Waals surface area (Å²) in [7, 11) is 0. The first kappa shape index (κ1) is 19.3. The molecule has 0 unspecified atom stereocenters. The van der Waals surface area contributed by atoms with Crippen molar-refractivity contribution in [2.75, 3.05) is 11.1 Å². The van der Waals surface area contributed by atoms with Gasteiger partial charge in [-0.2, -0.15) is 0 Å². The molecule has 0 spiro atoms. The number of hydrogen-bond donors (Lipinski definition) is 1. The van der Waals surface area contributed by atoms with Crippen molar-refractivity contribution in [3.05, 3.63) is 71.5 Å². The maximum absolute atomic E-state index is 13.2. The van der Waals surface area contributed by atoms with E-state index in [-0.39, 0.29) is 17.5 Å². The van der Waals surface area contributed by atoms with Crippen molar-refractivity contribution in [3.8, 4) is 11.4 Å². The SMILES string of the molecule is C=CCn1c(SCC(=O)Nc2cccc(Br)c2)nnc1-c1ccc(F)cc1. The monoisotopic (exact) mass is 446 g/mol. The van der Waals surface area contributed by atoms with Crippen LogP contribution in [0.1, 0.15) is 0 Å². The molecule has 1 N–H and O–H groups in total. The zero-order valence-electron chi connectivity index (χ0n) is 14.2. The number of benzene rings is 2. The molecule has 2 aromatic carbocycles. The molecule has 0 atom stereocenters. The summed E-state index contributed by atoms with van der Waals surface area (Å²) in [6.07, 6.45) is 1.72. The summed E-state index contributed by atoms with van der Waals surface area (Å²) in [6, 6.07) is 13.4. The van der Waals surface area contributed by atoms with Crippen LogP contribution in [0.5, 0.6) is 0 Å². The number of allylic oxidation sites excluding steroid dienone is 1. The molecule has 0 saturated heterocycles. The Kier molecular flexibility index (Phi) is 6.41. The molecule has 0 aliphatic carbocycles. The largest absolute Gasteiger partial charge is 0.325 e. The Balaban J connectivity index is 1.72. The fraction of sp³-hybridized carbons (Fsp3) is 0.105. The average Bonchev–Trinajstić information content (AvgIpc) is 3.04. The second-order valence-electron chi connectivity index (χ2n) is 5.56. The number of anilines is 1. The van der Waals surface area contributed by atoms with Crippen LogP contribution in [0.2, 0.25) is 0 Å². The maximum Gasteiger partial charge on any atom is 0.234 e. The summed E-state index contributed by atoms with van der Waals surface area (Å²) in [5.74, 6) is 0.331. The molecule has 1 amide bonds. The van der Waals surface area contributed by atoms with Gasteiger partial charge in [0.15, 0.2) is 11.0 Å². The van der Waals surface area contributed by atoms with Crippen LogP contribution in [0.3, 0.4) is 0 Å². The molecular formula is C19H16BrFN4OS. The minimum Gasteiger partial charge on any atom is -0.325 e. The molecule has 5 nitrogen and oxygen atoms in total. The van der Waals surface area contributed by atoms with E-state index in [9.17, 15) is 9.18 Å². The third-order valence-corrected chi connectivity index (χ3v) is 5.03. The molecule has 138 valence electrons. The van der Waals surface area contributed by atoms with E-state index in [1.165, 1.54) is 23.9 Å². The lowest BCUT2D eigenvalue weighted by Gasteiger charge is -2.08. The van der Waals surface area contributed by atoms with Crippen LogP contribution in [-0.4, -0.2) is 26.4 Å². The summed E-state index contributed by atoms with van der Waals surface area (Å²) >= 11 is 4.65. The van der Waals surface area contributed by atoms with Gasteiger partial charge in [-0.3, -0.25) is 9.36 Å². The molecule has 1 heterocycles. The number of aromatic nitrogens is 3. The molecule has 8 heteroatoms. The molecule has 0 saturated carbocycles. The molecule has 3 rings (SSSR count). The summed E-state index contributed by atoms with van der Waals surface area (Å²) in [5.41, 5.74) is 1.46. The van der Waals surface area contributed by atoms with Gasteiger partial charge in [-0.15, -0.1) is 16.8 Å². The van der Waals surface area contributed by atoms with Gasteiger partial charge in [0.05, 0.1) is 5.75 Å². The first-order valence-corrected chi connectivity index (χ1v) is 9.83. The van der Waals surface area contributed by atoms with Gasteiger partial charge in [0.25, 0.3) is 0 Å². The van der Waals surface area contributed by atoms with Crippen LogP contribution < -0.4 is 5.32 Å². The van der Waals surface area contributed by atoms with Crippen LogP contribution in [-0.2, 0) is 11.3 Å². The molecule has 3 aromatic rings. The minimum atomic E-state index is -0.313. The van der Waals surface area contributed by atoms with Crippen molar-refractivity contribution in [1.29, 1.82) is 0 Å². The fourth-order valence-corrected chi connectivity index (χ4v) is 3.54. The number of amides is 1. The number of halogens is 2. The first-order valence-electron chi connectivity index (χ1n) is 8.05. The Labute approximate surface area is 168 Å². The summed E-state index contributed by atoms with van der Waals surface area (Å²) in [5, 5.41) is 11.8. The van der Waals surface area contributed by atoms with Gasteiger partial charge < -0.3 is 5.32 Å². The van der Waals surface area contributed by atoms with Crippen LogP contribution in [0, 0.1) is 5.82 Å². The normalized spacial score (nSPS) is 10.6. The molecule has 0 aliphatic rings. The lowest BCUT2D eigenvalue weighted by Crippen LogP contribution is -2.14. The van der Waals surface area contributed by atoms with Crippen LogP contribution in [0.15, 0.2) is 70.8 Å². The highest BCUT2D eigenvalue weighted by Crippen LogP contribution is 2.24. The van der Waals surface area contributed by atoms with Gasteiger partial charge in [-0.1, -0.05) is 39.8 Å². The molecule has 0 aliphatic heterocycles. The third-order valence-electron chi connectivity index (χ3n) is 3.57. The Morgan fingerprint density at radius 2 is 2.04 bits per heavy atom. The summed E-state index contributed by atoms with van der Waals surface area (Å²) < 4.78 is 15.9. The van der Waals surface area contributed by atoms with E-state index >= 15 is 0 Å². The number of carbonyl (C=O) groups is 1. The maximum atomic E-state index is 13.2. The standard InChI is InChI=1S/C19H16BrFN4OS/c1-2-10-25-18(13-6-8-15(21)9-7-13)23-24-19(25)27-12-17(26)22-16-5-3-4-14(20)11-16/h2-9,11H,1,10,12H2,(H,22,26). The molecule has 27 heavy (non-hydrogen) atoms. The van der Waals surface area contributed by atoms with Crippen molar-refractivity contribution in [2.24, 2.45) is 0 Å². The molecule has 0 bridgehead atoms. The van der Waals surface area contributed by atoms with E-state index in [0.717, 1.165) is 15.7 Å². The Hall–Kier alpha value is -2.45. The average molecular weight is 447 g/mol. The van der Waals surface area contributed by atoms with Crippen LogP contribution in [0.25, 0.3) is 11.4 Å². The summed E-state index contributed by atoms with van der Waals surface area (Å²) in [6.45, 7) is 4.24. The highest BCUT2D eigenvalue weighted by Gasteiger charge is 2.15. The fourth-order valence-electron chi connectivity index (χ4n) is 2.40. The van der Waals surface area contributed by atoms with Crippen LogP contribution >= 0.6 is 27.7 Å². The molecule has 0 radical (unpaired) electrons. The van der Waals surface area contributed by atoms with Gasteiger partial charge in [0.1, 0.15) is 5.82 Å². The highest BCUT2D eigenvalue weighted by molar-refractivity contribution is 9.10. The first-order chi connectivity index (χ1) is 13.1. The van der Waals surface area contributed by atoms with Gasteiger partial charge >= 0.3 is 0 Å². The number of hydrogen-bond acceptors (Lipinski definition) is 4. The second kappa shape index (κ2) is 8.96. The lowest BCUT2D eigenvalue weighted by molar-refractivity contribution is -0.113. The predicted molar refractivity (Wildman–Crippen MR) is 109 cm³/mol. The van der Waals surface area contributed by atoms with Crippen molar-refractivity contribution >= 4 is 39.3 Å². The van der Waals surface area contributed by atoms with Crippen LogP contribution in [0.4, 0.5) is 10.1 Å². The van der Waals surface area contributed by atoms with E-state index in [1.807, 2.05) is 28.8 Å². The van der Waals surface area contributed by atoms with Crippen molar-refractivity contribution in [1.82, 2.24) is 14.8 Å². The van der Waals surface area contributed by atoms with Gasteiger partial charge in [-0.25, -0.2) is 4.39 Å². The topological polar surface area (TPSA) is 59.8 Å². The predicted octanol–water partition coefficient (Wildman–Crippen LogP) is 4.76. The summed E-state index contributed by atoms with van der Waals surface area (Å²) in [4.78, 5) is 12.2. The zero-order chi connectivity index (χ0) is 19.2. The van der Waals surface area contributed by atoms with Gasteiger partial charge in [0.2, 0.25) is 5.91 Å². The number of nitrogens with one attached hydrogen (secondary N) is 1. The number of carbonyl (C=O) groups excluding carboxylic acids is 1. The minimum absolute atomic E-state index is 0.144. The van der Waals surface area contributed by atoms with Crippen molar-refractivity contribution in [3.63, 3.8) is 0 Å². The third kappa shape index (κ3) is 5.05. The van der Waals surface area contributed by atoms with Gasteiger partial charge in [-0.05, 0) is 42.5 Å². The van der Waals surface area contributed by atoms with Crippen molar-refractivity contribution in [2.45, 2.75) is 11.7 Å². The molecule has 1 aromatic heterocycles. The molecule has 0 fully saturated rings. The number of nitrogens with zero attached hydrogens (tertiary/aromatic N) is 3. The van der Waals surface area contributed by atoms with E-state index < -0.39 is 0 Å². The van der Waals surface area contributed by atoms with E-state index in [4.69, 9.17) is 0 Å². The number of rotatable bonds is 7.